The van der Waals surface area contributed by atoms with Crippen LogP contribution >= 0.6 is 0 Å². The number of nitrogens with one attached hydrogen (secondary N) is 1. The Labute approximate surface area is 129 Å². The quantitative estimate of drug-likeness (QED) is 0.611. The summed E-state index contributed by atoms with van der Waals surface area (Å²) in [6, 6.07) is 0. The van der Waals surface area contributed by atoms with Crippen LogP contribution in [0.3, 0.4) is 0 Å². The van der Waals surface area contributed by atoms with E-state index in [1.165, 1.54) is 12.8 Å². The van der Waals surface area contributed by atoms with Gasteiger partial charge in [0.05, 0.1) is 0 Å². The van der Waals surface area contributed by atoms with Crippen LogP contribution in [0.4, 0.5) is 0 Å². The number of carbonyl (C=O) groups is 1. The van der Waals surface area contributed by atoms with Crippen molar-refractivity contribution in [1.82, 2.24) is 5.32 Å². The van der Waals surface area contributed by atoms with Crippen LogP contribution in [0.15, 0.2) is 0 Å². The van der Waals surface area contributed by atoms with Crippen molar-refractivity contribution in [3.8, 4) is 0 Å². The van der Waals surface area contributed by atoms with Gasteiger partial charge in [0, 0.05) is 19.6 Å². The van der Waals surface area contributed by atoms with Crippen molar-refractivity contribution in [1.29, 1.82) is 0 Å². The molecule has 3 atom stereocenters. The standard InChI is InChI=1S/C17H34N2O2/c1-13(2)14(9-10-18)7-8-17(21)19-11-15-5-3-4-6-16(15)12-20/h13-16,20H,3-12,18H2,1-2H3,(H,19,21). The lowest BCUT2D eigenvalue weighted by Gasteiger charge is -2.30. The summed E-state index contributed by atoms with van der Waals surface area (Å²) in [7, 11) is 0. The van der Waals surface area contributed by atoms with Crippen molar-refractivity contribution < 1.29 is 9.90 Å². The highest BCUT2D eigenvalue weighted by Crippen LogP contribution is 2.29. The molecule has 1 fully saturated rings. The van der Waals surface area contributed by atoms with Crippen LogP contribution in [-0.4, -0.2) is 30.7 Å². The molecule has 0 aliphatic heterocycles. The van der Waals surface area contributed by atoms with Gasteiger partial charge in [-0.15, -0.1) is 0 Å². The Morgan fingerprint density at radius 1 is 1.24 bits per heavy atom. The Kier molecular flexibility index (Phi) is 8.93. The van der Waals surface area contributed by atoms with Crippen molar-refractivity contribution in [2.24, 2.45) is 29.4 Å². The summed E-state index contributed by atoms with van der Waals surface area (Å²) in [5.74, 6) is 2.11. The molecule has 0 radical (unpaired) electrons. The monoisotopic (exact) mass is 298 g/mol. The summed E-state index contributed by atoms with van der Waals surface area (Å²) in [4.78, 5) is 12.0. The summed E-state index contributed by atoms with van der Waals surface area (Å²) >= 11 is 0. The maximum atomic E-state index is 12.0. The van der Waals surface area contributed by atoms with Gasteiger partial charge in [-0.1, -0.05) is 26.7 Å². The van der Waals surface area contributed by atoms with Crippen LogP contribution in [0.25, 0.3) is 0 Å². The predicted molar refractivity (Wildman–Crippen MR) is 86.8 cm³/mol. The van der Waals surface area contributed by atoms with Gasteiger partial charge < -0.3 is 16.2 Å². The second-order valence-electron chi connectivity index (χ2n) is 6.91. The number of aliphatic hydroxyl groups excluding tert-OH is 1. The Hall–Kier alpha value is -0.610. The highest BCUT2D eigenvalue weighted by Gasteiger charge is 2.24. The van der Waals surface area contributed by atoms with E-state index in [1.54, 1.807) is 0 Å². The van der Waals surface area contributed by atoms with E-state index in [2.05, 4.69) is 19.2 Å². The second kappa shape index (κ2) is 10.2. The molecule has 4 N–H and O–H groups in total. The molecule has 0 heterocycles. The van der Waals surface area contributed by atoms with E-state index in [4.69, 9.17) is 5.73 Å². The zero-order chi connectivity index (χ0) is 15.7. The fourth-order valence-corrected chi connectivity index (χ4v) is 3.47. The van der Waals surface area contributed by atoms with Gasteiger partial charge in [0.2, 0.25) is 5.91 Å². The topological polar surface area (TPSA) is 75.4 Å². The minimum absolute atomic E-state index is 0.153. The molecule has 4 heteroatoms. The first-order chi connectivity index (χ1) is 10.1. The van der Waals surface area contributed by atoms with Gasteiger partial charge in [0.15, 0.2) is 0 Å². The fraction of sp³-hybridized carbons (Fsp3) is 0.941. The van der Waals surface area contributed by atoms with Crippen LogP contribution in [0.5, 0.6) is 0 Å². The lowest BCUT2D eigenvalue weighted by atomic mass is 9.79. The average Bonchev–Trinajstić information content (AvgIpc) is 2.49. The molecule has 1 rings (SSSR count). The molecule has 1 aliphatic carbocycles. The van der Waals surface area contributed by atoms with Crippen molar-refractivity contribution in [2.75, 3.05) is 19.7 Å². The molecule has 3 unspecified atom stereocenters. The molecular weight excluding hydrogens is 264 g/mol. The molecule has 0 aromatic carbocycles. The van der Waals surface area contributed by atoms with E-state index < -0.39 is 0 Å². The molecule has 1 amide bonds. The number of nitrogens with two attached hydrogens (primary N) is 1. The molecule has 1 saturated carbocycles. The third-order valence-electron chi connectivity index (χ3n) is 5.08. The first-order valence-corrected chi connectivity index (χ1v) is 8.66. The Balaban J connectivity index is 2.26. The minimum Gasteiger partial charge on any atom is -0.396 e. The number of rotatable bonds is 9. The fourth-order valence-electron chi connectivity index (χ4n) is 3.47. The number of hydrogen-bond donors (Lipinski definition) is 3. The molecule has 0 saturated heterocycles. The Morgan fingerprint density at radius 3 is 2.48 bits per heavy atom. The highest BCUT2D eigenvalue weighted by molar-refractivity contribution is 5.75. The number of carbonyl (C=O) groups excluding carboxylic acids is 1. The van der Waals surface area contributed by atoms with Gasteiger partial charge in [-0.3, -0.25) is 4.79 Å². The predicted octanol–water partition coefficient (Wildman–Crippen LogP) is 2.30. The molecule has 0 bridgehead atoms. The summed E-state index contributed by atoms with van der Waals surface area (Å²) in [5.41, 5.74) is 5.64. The van der Waals surface area contributed by atoms with Crippen molar-refractivity contribution >= 4 is 5.91 Å². The molecule has 0 aromatic rings. The normalized spacial score (nSPS) is 24.0. The van der Waals surface area contributed by atoms with E-state index in [1.807, 2.05) is 0 Å². The average molecular weight is 298 g/mol. The molecule has 0 aromatic heterocycles. The summed E-state index contributed by atoms with van der Waals surface area (Å²) in [5, 5.41) is 12.5. The first kappa shape index (κ1) is 18.4. The first-order valence-electron chi connectivity index (χ1n) is 8.66. The molecule has 21 heavy (non-hydrogen) atoms. The zero-order valence-corrected chi connectivity index (χ0v) is 13.8. The maximum absolute atomic E-state index is 12.0. The summed E-state index contributed by atoms with van der Waals surface area (Å²) in [6.07, 6.45) is 7.19. The third-order valence-corrected chi connectivity index (χ3v) is 5.08. The summed E-state index contributed by atoms with van der Waals surface area (Å²) < 4.78 is 0. The molecule has 0 spiro atoms. The van der Waals surface area contributed by atoms with Gasteiger partial charge in [-0.05, 0) is 55.9 Å². The maximum Gasteiger partial charge on any atom is 0.220 e. The third kappa shape index (κ3) is 6.79. The number of aliphatic hydroxyl groups is 1. The SMILES string of the molecule is CC(C)C(CCN)CCC(=O)NCC1CCCCC1CO. The zero-order valence-electron chi connectivity index (χ0n) is 13.8. The van der Waals surface area contributed by atoms with E-state index >= 15 is 0 Å². The molecule has 4 nitrogen and oxygen atoms in total. The molecule has 124 valence electrons. The van der Waals surface area contributed by atoms with Crippen LogP contribution in [0, 0.1) is 23.7 Å². The molecular formula is C17H34N2O2. The lowest BCUT2D eigenvalue weighted by Crippen LogP contribution is -2.35. The van der Waals surface area contributed by atoms with Gasteiger partial charge in [0.25, 0.3) is 0 Å². The summed E-state index contributed by atoms with van der Waals surface area (Å²) in [6.45, 7) is 6.09. The van der Waals surface area contributed by atoms with E-state index in [9.17, 15) is 9.90 Å². The number of amides is 1. The van der Waals surface area contributed by atoms with Crippen molar-refractivity contribution in [3.63, 3.8) is 0 Å². The van der Waals surface area contributed by atoms with Crippen LogP contribution in [-0.2, 0) is 4.79 Å². The lowest BCUT2D eigenvalue weighted by molar-refractivity contribution is -0.121. The minimum atomic E-state index is 0.153. The van der Waals surface area contributed by atoms with Gasteiger partial charge >= 0.3 is 0 Å². The van der Waals surface area contributed by atoms with Gasteiger partial charge in [0.1, 0.15) is 0 Å². The van der Waals surface area contributed by atoms with Crippen LogP contribution in [0.1, 0.15) is 58.8 Å². The second-order valence-corrected chi connectivity index (χ2v) is 6.91. The van der Waals surface area contributed by atoms with E-state index in [0.717, 1.165) is 32.2 Å². The van der Waals surface area contributed by atoms with Crippen molar-refractivity contribution in [2.45, 2.75) is 58.8 Å². The van der Waals surface area contributed by atoms with Crippen LogP contribution < -0.4 is 11.1 Å². The Morgan fingerprint density at radius 2 is 1.90 bits per heavy atom. The van der Waals surface area contributed by atoms with Crippen LogP contribution in [0.2, 0.25) is 0 Å². The van der Waals surface area contributed by atoms with Gasteiger partial charge in [-0.25, -0.2) is 0 Å². The highest BCUT2D eigenvalue weighted by atomic mass is 16.3. The van der Waals surface area contributed by atoms with Gasteiger partial charge in [-0.2, -0.15) is 0 Å². The number of hydrogen-bond acceptors (Lipinski definition) is 3. The van der Waals surface area contributed by atoms with E-state index in [0.29, 0.717) is 36.6 Å². The molecule has 1 aliphatic rings. The smallest absolute Gasteiger partial charge is 0.220 e. The largest absolute Gasteiger partial charge is 0.396 e. The van der Waals surface area contributed by atoms with Crippen molar-refractivity contribution in [3.05, 3.63) is 0 Å². The van der Waals surface area contributed by atoms with E-state index in [-0.39, 0.29) is 12.5 Å². The Bertz CT molecular complexity index is 295.